The van der Waals surface area contributed by atoms with Crippen molar-refractivity contribution in [3.63, 3.8) is 0 Å². The Morgan fingerprint density at radius 3 is 2.45 bits per heavy atom. The van der Waals surface area contributed by atoms with Crippen molar-refractivity contribution in [3.8, 4) is 11.5 Å². The first-order valence-corrected chi connectivity index (χ1v) is 11.5. The van der Waals surface area contributed by atoms with Crippen molar-refractivity contribution in [1.82, 2.24) is 10.2 Å². The average Bonchev–Trinajstić information content (AvgIpc) is 3.07. The van der Waals surface area contributed by atoms with Gasteiger partial charge in [-0.05, 0) is 69.6 Å². The van der Waals surface area contributed by atoms with Gasteiger partial charge in [0.1, 0.15) is 12.3 Å². The number of nitrogens with one attached hydrogen (secondary N) is 1. The van der Waals surface area contributed by atoms with E-state index in [2.05, 4.69) is 27.9 Å². The minimum Gasteiger partial charge on any atom is -0.493 e. The van der Waals surface area contributed by atoms with E-state index in [-0.39, 0.29) is 18.1 Å². The molecule has 4 rings (SSSR count). The van der Waals surface area contributed by atoms with Crippen LogP contribution in [0.5, 0.6) is 11.5 Å². The van der Waals surface area contributed by atoms with Crippen LogP contribution in [0.15, 0.2) is 72.4 Å². The number of benzene rings is 3. The highest BCUT2D eigenvalue weighted by Crippen LogP contribution is 2.35. The molecule has 0 atom stereocenters. The molecule has 6 nitrogen and oxygen atoms in total. The Labute approximate surface area is 210 Å². The Morgan fingerprint density at radius 2 is 1.76 bits per heavy atom. The molecule has 168 valence electrons. The summed E-state index contributed by atoms with van der Waals surface area (Å²) in [6, 6.07) is 20.0. The summed E-state index contributed by atoms with van der Waals surface area (Å²) < 4.78 is 12.3. The number of carbonyl (C=O) groups excluding carboxylic acids is 2. The van der Waals surface area contributed by atoms with Gasteiger partial charge in [-0.1, -0.05) is 54.1 Å². The lowest BCUT2D eigenvalue weighted by atomic mass is 10.1. The lowest BCUT2D eigenvalue weighted by Gasteiger charge is -2.14. The van der Waals surface area contributed by atoms with E-state index in [1.807, 2.05) is 60.7 Å². The van der Waals surface area contributed by atoms with E-state index in [1.165, 1.54) is 4.90 Å². The highest BCUT2D eigenvalue weighted by atomic mass is 127. The van der Waals surface area contributed by atoms with E-state index in [1.54, 1.807) is 19.3 Å². The molecule has 1 N–H and O–H groups in total. The maximum Gasteiger partial charge on any atom is 0.329 e. The summed E-state index contributed by atoms with van der Waals surface area (Å²) >= 11 is 8.10. The van der Waals surface area contributed by atoms with E-state index >= 15 is 0 Å². The third-order valence-electron chi connectivity index (χ3n) is 5.01. The second-order valence-corrected chi connectivity index (χ2v) is 8.91. The zero-order chi connectivity index (χ0) is 23.4. The molecule has 33 heavy (non-hydrogen) atoms. The van der Waals surface area contributed by atoms with Crippen LogP contribution in [0.25, 0.3) is 6.08 Å². The van der Waals surface area contributed by atoms with Crippen molar-refractivity contribution in [2.24, 2.45) is 0 Å². The van der Waals surface area contributed by atoms with Gasteiger partial charge in [0.05, 0.1) is 17.2 Å². The molecule has 3 aromatic carbocycles. The van der Waals surface area contributed by atoms with Crippen LogP contribution in [-0.4, -0.2) is 23.9 Å². The molecule has 0 radical (unpaired) electrons. The maximum atomic E-state index is 12.8. The van der Waals surface area contributed by atoms with Crippen LogP contribution in [0.3, 0.4) is 0 Å². The fraction of sp³-hybridized carbons (Fsp3) is 0.120. The molecule has 0 bridgehead atoms. The molecule has 0 saturated carbocycles. The average molecular weight is 575 g/mol. The molecule has 0 aromatic heterocycles. The lowest BCUT2D eigenvalue weighted by Crippen LogP contribution is -2.30. The number of hydrogen-bond acceptors (Lipinski definition) is 4. The largest absolute Gasteiger partial charge is 0.493 e. The van der Waals surface area contributed by atoms with Crippen LogP contribution < -0.4 is 14.8 Å². The van der Waals surface area contributed by atoms with Gasteiger partial charge in [-0.15, -0.1) is 0 Å². The zero-order valence-corrected chi connectivity index (χ0v) is 20.6. The van der Waals surface area contributed by atoms with Crippen LogP contribution in [-0.2, 0) is 17.9 Å². The number of hydrogen-bond donors (Lipinski definition) is 1. The lowest BCUT2D eigenvalue weighted by molar-refractivity contribution is -0.123. The minimum absolute atomic E-state index is 0.210. The highest BCUT2D eigenvalue weighted by molar-refractivity contribution is 14.1. The Balaban J connectivity index is 1.53. The first-order chi connectivity index (χ1) is 15.9. The van der Waals surface area contributed by atoms with Gasteiger partial charge in [-0.3, -0.25) is 9.69 Å². The minimum atomic E-state index is -0.445. The molecule has 3 amide bonds. The second kappa shape index (κ2) is 10.3. The van der Waals surface area contributed by atoms with Crippen molar-refractivity contribution in [3.05, 3.63) is 97.7 Å². The third kappa shape index (κ3) is 5.48. The number of imide groups is 1. The maximum absolute atomic E-state index is 12.8. The quantitative estimate of drug-likeness (QED) is 0.226. The smallest absolute Gasteiger partial charge is 0.329 e. The topological polar surface area (TPSA) is 67.9 Å². The molecule has 0 aliphatic carbocycles. The molecule has 1 fully saturated rings. The summed E-state index contributed by atoms with van der Waals surface area (Å²) in [5, 5.41) is 3.32. The van der Waals surface area contributed by atoms with Gasteiger partial charge >= 0.3 is 6.03 Å². The molecular weight excluding hydrogens is 555 g/mol. The predicted octanol–water partition coefficient (Wildman–Crippen LogP) is 5.63. The second-order valence-electron chi connectivity index (χ2n) is 7.31. The summed E-state index contributed by atoms with van der Waals surface area (Å²) in [7, 11) is 1.56. The molecule has 0 unspecified atom stereocenters. The zero-order valence-electron chi connectivity index (χ0n) is 17.7. The van der Waals surface area contributed by atoms with Crippen molar-refractivity contribution in [1.29, 1.82) is 0 Å². The fourth-order valence-electron chi connectivity index (χ4n) is 3.35. The number of urea groups is 1. The van der Waals surface area contributed by atoms with Gasteiger partial charge in [0, 0.05) is 5.02 Å². The number of carbonyl (C=O) groups is 2. The van der Waals surface area contributed by atoms with Crippen molar-refractivity contribution >= 4 is 52.2 Å². The molecular formula is C25H20ClIN2O4. The van der Waals surface area contributed by atoms with Crippen molar-refractivity contribution < 1.29 is 19.1 Å². The Morgan fingerprint density at radius 1 is 1.03 bits per heavy atom. The number of rotatable bonds is 7. The molecule has 1 saturated heterocycles. The van der Waals surface area contributed by atoms with Gasteiger partial charge in [0.15, 0.2) is 11.5 Å². The molecule has 8 heteroatoms. The summed E-state index contributed by atoms with van der Waals surface area (Å²) in [6.45, 7) is 0.564. The monoisotopic (exact) mass is 574 g/mol. The molecule has 1 aliphatic rings. The normalized spacial score (nSPS) is 14.5. The van der Waals surface area contributed by atoms with Gasteiger partial charge in [0.25, 0.3) is 5.91 Å². The molecule has 3 aromatic rings. The van der Waals surface area contributed by atoms with Crippen LogP contribution in [0.4, 0.5) is 4.79 Å². The van der Waals surface area contributed by atoms with Gasteiger partial charge in [-0.2, -0.15) is 0 Å². The van der Waals surface area contributed by atoms with Gasteiger partial charge in [-0.25, -0.2) is 4.79 Å². The van der Waals surface area contributed by atoms with Crippen molar-refractivity contribution in [2.45, 2.75) is 13.2 Å². The first kappa shape index (κ1) is 23.1. The summed E-state index contributed by atoms with van der Waals surface area (Å²) in [5.41, 5.74) is 2.77. The number of nitrogens with zero attached hydrogens (tertiary/aromatic N) is 1. The van der Waals surface area contributed by atoms with Gasteiger partial charge in [0.2, 0.25) is 0 Å². The molecule has 1 heterocycles. The molecule has 0 spiro atoms. The van der Waals surface area contributed by atoms with E-state index in [9.17, 15) is 9.59 Å². The van der Waals surface area contributed by atoms with Crippen LogP contribution in [0.1, 0.15) is 16.7 Å². The van der Waals surface area contributed by atoms with Crippen molar-refractivity contribution in [2.75, 3.05) is 7.11 Å². The fourth-order valence-corrected chi connectivity index (χ4v) is 4.25. The Kier molecular flexibility index (Phi) is 7.20. The standard InChI is InChI=1S/C25H20ClIN2O4/c1-32-22-13-18(11-20(27)23(22)33-15-17-7-9-19(26)10-8-17)12-21-24(30)29(25(31)28-21)14-16-5-3-2-4-6-16/h2-13H,14-15H2,1H3,(H,28,31)/b21-12+. The first-order valence-electron chi connectivity index (χ1n) is 10.1. The summed E-state index contributed by atoms with van der Waals surface area (Å²) in [5.74, 6) is 0.754. The summed E-state index contributed by atoms with van der Waals surface area (Å²) in [6.07, 6.45) is 1.64. The highest BCUT2D eigenvalue weighted by Gasteiger charge is 2.33. The van der Waals surface area contributed by atoms with Gasteiger partial charge < -0.3 is 14.8 Å². The number of amides is 3. The van der Waals surface area contributed by atoms with E-state index < -0.39 is 6.03 Å². The van der Waals surface area contributed by atoms with Crippen LogP contribution >= 0.6 is 34.2 Å². The number of methoxy groups -OCH3 is 1. The number of ether oxygens (including phenoxy) is 2. The van der Waals surface area contributed by atoms with E-state index in [0.717, 1.165) is 14.7 Å². The van der Waals surface area contributed by atoms with Crippen LogP contribution in [0.2, 0.25) is 5.02 Å². The Hall–Kier alpha value is -3.04. The predicted molar refractivity (Wildman–Crippen MR) is 135 cm³/mol. The van der Waals surface area contributed by atoms with E-state index in [0.29, 0.717) is 28.7 Å². The SMILES string of the molecule is COc1cc(/C=C2/NC(=O)N(Cc3ccccc3)C2=O)cc(I)c1OCc1ccc(Cl)cc1. The molecule has 1 aliphatic heterocycles. The Bertz CT molecular complexity index is 1210. The van der Waals surface area contributed by atoms with Crippen LogP contribution in [0, 0.1) is 3.57 Å². The third-order valence-corrected chi connectivity index (χ3v) is 6.06. The van der Waals surface area contributed by atoms with E-state index in [4.69, 9.17) is 21.1 Å². The summed E-state index contributed by atoms with van der Waals surface area (Å²) in [4.78, 5) is 26.4. The number of halogens is 2.